The molecule has 1 unspecified atom stereocenters. The molecule has 0 aliphatic carbocycles. The summed E-state index contributed by atoms with van der Waals surface area (Å²) in [6.45, 7) is 4.21. The summed E-state index contributed by atoms with van der Waals surface area (Å²) in [6.07, 6.45) is -2.11. The summed E-state index contributed by atoms with van der Waals surface area (Å²) in [6, 6.07) is 12.2. The molecule has 238 valence electrons. The number of aliphatic hydroxyl groups is 1. The zero-order chi connectivity index (χ0) is 31.3. The Morgan fingerprint density at radius 3 is 2.66 bits per heavy atom. The number of alkyl carbamates (subject to hydrolysis) is 1. The summed E-state index contributed by atoms with van der Waals surface area (Å²) in [4.78, 5) is 13.1. The highest BCUT2D eigenvalue weighted by molar-refractivity contribution is 7.89. The third-order valence-corrected chi connectivity index (χ3v) is 9.46. The van der Waals surface area contributed by atoms with Crippen LogP contribution in [0.25, 0.3) is 0 Å². The van der Waals surface area contributed by atoms with Gasteiger partial charge in [-0.05, 0) is 48.6 Å². The molecule has 44 heavy (non-hydrogen) atoms. The number of nitrogens with zero attached hydrogens (tertiary/aromatic N) is 2. The van der Waals surface area contributed by atoms with Crippen molar-refractivity contribution in [3.63, 3.8) is 0 Å². The number of nitrogens with one attached hydrogen (secondary N) is 1. The van der Waals surface area contributed by atoms with E-state index in [2.05, 4.69) is 5.32 Å². The number of benzene rings is 2. The second-order valence-electron chi connectivity index (χ2n) is 11.3. The number of aliphatic hydroxyl groups excluding tert-OH is 1. The number of ether oxygens (including phenoxy) is 6. The zero-order valence-electron chi connectivity index (χ0n) is 24.6. The summed E-state index contributed by atoms with van der Waals surface area (Å²) in [7, 11) is -4.07. The number of hydrogen-bond donors (Lipinski definition) is 2. The van der Waals surface area contributed by atoms with Gasteiger partial charge in [0.1, 0.15) is 17.9 Å². The van der Waals surface area contributed by atoms with Crippen molar-refractivity contribution in [1.82, 2.24) is 9.62 Å². The number of rotatable bonds is 13. The van der Waals surface area contributed by atoms with Crippen LogP contribution in [0.15, 0.2) is 47.4 Å². The first kappa shape index (κ1) is 31.8. The highest BCUT2D eigenvalue weighted by atomic mass is 32.2. The van der Waals surface area contributed by atoms with Gasteiger partial charge in [-0.25, -0.2) is 13.2 Å². The fourth-order valence-corrected chi connectivity index (χ4v) is 7.08. The molecular weight excluding hydrogens is 594 g/mol. The first-order valence-corrected chi connectivity index (χ1v) is 15.9. The van der Waals surface area contributed by atoms with Crippen LogP contribution in [-0.2, 0) is 30.7 Å². The minimum absolute atomic E-state index is 0.000969. The highest BCUT2D eigenvalue weighted by Gasteiger charge is 2.44. The van der Waals surface area contributed by atoms with Gasteiger partial charge in [-0.15, -0.1) is 0 Å². The van der Waals surface area contributed by atoms with Gasteiger partial charge < -0.3 is 38.8 Å². The van der Waals surface area contributed by atoms with E-state index in [9.17, 15) is 18.3 Å². The molecule has 0 saturated carbocycles. The lowest BCUT2D eigenvalue weighted by atomic mass is 10.0. The second kappa shape index (κ2) is 14.0. The third kappa shape index (κ3) is 7.54. The molecule has 5 rings (SSSR count). The molecule has 0 spiro atoms. The van der Waals surface area contributed by atoms with Crippen LogP contribution in [0.4, 0.5) is 4.79 Å². The van der Waals surface area contributed by atoms with Crippen LogP contribution in [0.1, 0.15) is 25.8 Å². The van der Waals surface area contributed by atoms with Crippen molar-refractivity contribution in [1.29, 1.82) is 5.26 Å². The molecule has 0 radical (unpaired) electrons. The van der Waals surface area contributed by atoms with Gasteiger partial charge in [-0.2, -0.15) is 9.57 Å². The van der Waals surface area contributed by atoms with E-state index in [1.54, 1.807) is 24.3 Å². The van der Waals surface area contributed by atoms with Crippen molar-refractivity contribution in [2.24, 2.45) is 11.8 Å². The maximum absolute atomic E-state index is 13.8. The Morgan fingerprint density at radius 1 is 1.14 bits per heavy atom. The summed E-state index contributed by atoms with van der Waals surface area (Å²) >= 11 is 0. The fourth-order valence-electron chi connectivity index (χ4n) is 5.45. The summed E-state index contributed by atoms with van der Waals surface area (Å²) < 4.78 is 61.6. The monoisotopic (exact) mass is 631 g/mol. The van der Waals surface area contributed by atoms with Gasteiger partial charge in [-0.3, -0.25) is 0 Å². The standard InChI is InChI=1S/C30H37N3O10S/c1-19(2)15-33(44(36,37)22-7-8-26-27(14-22)42-18-41-26)16-25(34)24(13-20-3-5-21(6-4-20)38-12-10-31)32-30(35)43-28-17-40-29-23(28)9-11-39-29/h3-8,14,19,23-25,28-29,34H,9,11-13,15-18H2,1-2H3,(H,32,35)/t23-,24+,25+,28?,29+/m1/s1. The van der Waals surface area contributed by atoms with Gasteiger partial charge in [-0.1, -0.05) is 26.0 Å². The predicted molar refractivity (Wildman–Crippen MR) is 154 cm³/mol. The third-order valence-electron chi connectivity index (χ3n) is 7.63. The smallest absolute Gasteiger partial charge is 0.407 e. The van der Waals surface area contributed by atoms with Crippen molar-refractivity contribution in [2.75, 3.05) is 39.7 Å². The van der Waals surface area contributed by atoms with Gasteiger partial charge in [0.05, 0.1) is 36.2 Å². The molecule has 0 aromatic heterocycles. The molecule has 0 bridgehead atoms. The molecule has 2 N–H and O–H groups in total. The average molecular weight is 632 g/mol. The van der Waals surface area contributed by atoms with Gasteiger partial charge in [0.2, 0.25) is 16.8 Å². The number of fused-ring (bicyclic) bond motifs is 2. The Hall–Kier alpha value is -3.61. The first-order valence-electron chi connectivity index (χ1n) is 14.5. The van der Waals surface area contributed by atoms with Crippen LogP contribution < -0.4 is 19.5 Å². The highest BCUT2D eigenvalue weighted by Crippen LogP contribution is 2.35. The number of carbonyl (C=O) groups excluding carboxylic acids is 1. The maximum atomic E-state index is 13.8. The molecular formula is C30H37N3O10S. The van der Waals surface area contributed by atoms with Crippen LogP contribution in [0.3, 0.4) is 0 Å². The predicted octanol–water partition coefficient (Wildman–Crippen LogP) is 2.42. The molecule has 3 aliphatic heterocycles. The number of amides is 1. The van der Waals surface area contributed by atoms with E-state index >= 15 is 0 Å². The quantitative estimate of drug-likeness (QED) is 0.333. The average Bonchev–Trinajstić information content (AvgIpc) is 3.74. The Kier molecular flexibility index (Phi) is 10.1. The fraction of sp³-hybridized carbons (Fsp3) is 0.533. The molecule has 13 nitrogen and oxygen atoms in total. The lowest BCUT2D eigenvalue weighted by Gasteiger charge is -2.31. The lowest BCUT2D eigenvalue weighted by Crippen LogP contribution is -2.51. The lowest BCUT2D eigenvalue weighted by molar-refractivity contribution is -0.0907. The van der Waals surface area contributed by atoms with Crippen molar-refractivity contribution in [3.8, 4) is 23.3 Å². The second-order valence-corrected chi connectivity index (χ2v) is 13.3. The largest absolute Gasteiger partial charge is 0.479 e. The summed E-state index contributed by atoms with van der Waals surface area (Å²) in [5.41, 5.74) is 0.737. The number of carbonyl (C=O) groups is 1. The molecule has 2 saturated heterocycles. The number of sulfonamides is 1. The van der Waals surface area contributed by atoms with E-state index in [1.807, 2.05) is 19.9 Å². The number of nitriles is 1. The van der Waals surface area contributed by atoms with Gasteiger partial charge >= 0.3 is 6.09 Å². The van der Waals surface area contributed by atoms with Crippen LogP contribution in [0, 0.1) is 23.2 Å². The van der Waals surface area contributed by atoms with Crippen molar-refractivity contribution in [2.45, 2.75) is 56.1 Å². The van der Waals surface area contributed by atoms with E-state index < -0.39 is 40.7 Å². The van der Waals surface area contributed by atoms with Crippen molar-refractivity contribution < 1.29 is 46.7 Å². The van der Waals surface area contributed by atoms with Crippen LogP contribution in [0.2, 0.25) is 0 Å². The Bertz CT molecular complexity index is 1450. The summed E-state index contributed by atoms with van der Waals surface area (Å²) in [5, 5.41) is 23.1. The Labute approximate surface area is 256 Å². The van der Waals surface area contributed by atoms with Gasteiger partial charge in [0, 0.05) is 19.2 Å². The van der Waals surface area contributed by atoms with E-state index in [4.69, 9.17) is 33.7 Å². The SMILES string of the molecule is CC(C)CN(C[C@H](O)[C@H](Cc1ccc(OCC#N)cc1)NC(=O)OC1CO[C@@H]2OCC[C@H]12)S(=O)(=O)c1ccc2c(c1)OCO2. The minimum Gasteiger partial charge on any atom is -0.479 e. The molecule has 3 aliphatic rings. The topological polar surface area (TPSA) is 166 Å². The Morgan fingerprint density at radius 2 is 1.91 bits per heavy atom. The van der Waals surface area contributed by atoms with E-state index in [-0.39, 0.29) is 56.2 Å². The first-order chi connectivity index (χ1) is 21.1. The molecule has 2 aromatic carbocycles. The van der Waals surface area contributed by atoms with E-state index in [0.29, 0.717) is 30.3 Å². The molecule has 2 aromatic rings. The number of hydrogen-bond acceptors (Lipinski definition) is 11. The van der Waals surface area contributed by atoms with E-state index in [0.717, 1.165) is 5.56 Å². The van der Waals surface area contributed by atoms with E-state index in [1.165, 1.54) is 22.5 Å². The van der Waals surface area contributed by atoms with Crippen LogP contribution >= 0.6 is 0 Å². The van der Waals surface area contributed by atoms with Crippen LogP contribution in [-0.4, -0.2) is 88.2 Å². The van der Waals surface area contributed by atoms with Gasteiger partial charge in [0.25, 0.3) is 0 Å². The zero-order valence-corrected chi connectivity index (χ0v) is 25.4. The molecule has 14 heteroatoms. The molecule has 1 amide bonds. The molecule has 3 heterocycles. The van der Waals surface area contributed by atoms with Crippen molar-refractivity contribution in [3.05, 3.63) is 48.0 Å². The normalized spacial score (nSPS) is 22.0. The van der Waals surface area contributed by atoms with Crippen molar-refractivity contribution >= 4 is 16.1 Å². The molecule has 2 fully saturated rings. The minimum atomic E-state index is -4.07. The van der Waals surface area contributed by atoms with Crippen LogP contribution in [0.5, 0.6) is 17.2 Å². The summed E-state index contributed by atoms with van der Waals surface area (Å²) in [5.74, 6) is 1.14. The molecule has 5 atom stereocenters. The Balaban J connectivity index is 1.34. The van der Waals surface area contributed by atoms with Gasteiger partial charge in [0.15, 0.2) is 24.4 Å². The maximum Gasteiger partial charge on any atom is 0.407 e.